The van der Waals surface area contributed by atoms with Crippen molar-refractivity contribution in [2.24, 2.45) is 5.92 Å². The molecule has 2 aliphatic rings. The zero-order chi connectivity index (χ0) is 15.7. The van der Waals surface area contributed by atoms with Gasteiger partial charge in [-0.25, -0.2) is 4.79 Å². The van der Waals surface area contributed by atoms with Gasteiger partial charge in [0.25, 0.3) is 0 Å². The smallest absolute Gasteiger partial charge is 0.410 e. The van der Waals surface area contributed by atoms with Gasteiger partial charge in [-0.05, 0) is 32.8 Å². The second kappa shape index (κ2) is 5.92. The molecule has 1 saturated heterocycles. The van der Waals surface area contributed by atoms with Gasteiger partial charge in [-0.2, -0.15) is 0 Å². The predicted molar refractivity (Wildman–Crippen MR) is 86.9 cm³/mol. The van der Waals surface area contributed by atoms with Gasteiger partial charge in [-0.15, -0.1) is 0 Å². The minimum Gasteiger partial charge on any atom is -0.444 e. The number of ether oxygens (including phenoxy) is 1. The maximum absolute atomic E-state index is 12.6. The standard InChI is InChI=1S/C18H26N2O2/c1-18(2,3)22-17(21)20(12-13-10-19-11-13)16-9-15(16)14-7-5-4-6-8-14/h4-8,13,15-16,19H,9-12H2,1-3H3/t15-,16?/m0/s1. The van der Waals surface area contributed by atoms with Gasteiger partial charge in [0.1, 0.15) is 5.60 Å². The van der Waals surface area contributed by atoms with Crippen LogP contribution in [0.4, 0.5) is 4.79 Å². The van der Waals surface area contributed by atoms with E-state index < -0.39 is 5.60 Å². The van der Waals surface area contributed by atoms with Gasteiger partial charge in [0.2, 0.25) is 0 Å². The fourth-order valence-electron chi connectivity index (χ4n) is 3.01. The van der Waals surface area contributed by atoms with Crippen molar-refractivity contribution in [3.8, 4) is 0 Å². The van der Waals surface area contributed by atoms with Gasteiger partial charge < -0.3 is 15.0 Å². The molecule has 0 aromatic heterocycles. The number of carbonyl (C=O) groups excluding carboxylic acids is 1. The van der Waals surface area contributed by atoms with E-state index in [4.69, 9.17) is 4.74 Å². The molecule has 2 atom stereocenters. The molecule has 22 heavy (non-hydrogen) atoms. The third-order valence-electron chi connectivity index (χ3n) is 4.33. The van der Waals surface area contributed by atoms with E-state index in [0.717, 1.165) is 26.1 Å². The third kappa shape index (κ3) is 3.61. The highest BCUT2D eigenvalue weighted by Gasteiger charge is 2.46. The number of benzene rings is 1. The molecule has 0 radical (unpaired) electrons. The van der Waals surface area contributed by atoms with E-state index in [1.807, 2.05) is 31.7 Å². The summed E-state index contributed by atoms with van der Waals surface area (Å²) in [6.07, 6.45) is 0.881. The molecule has 1 heterocycles. The molecular formula is C18H26N2O2. The summed E-state index contributed by atoms with van der Waals surface area (Å²) in [6.45, 7) is 8.58. The van der Waals surface area contributed by atoms with E-state index in [1.54, 1.807) is 0 Å². The number of hydrogen-bond acceptors (Lipinski definition) is 3. The van der Waals surface area contributed by atoms with E-state index in [9.17, 15) is 4.79 Å². The Morgan fingerprint density at radius 2 is 1.95 bits per heavy atom. The summed E-state index contributed by atoms with van der Waals surface area (Å²) < 4.78 is 5.62. The second-order valence-electron chi connectivity index (χ2n) is 7.48. The Hall–Kier alpha value is -1.55. The first-order valence-corrected chi connectivity index (χ1v) is 8.19. The van der Waals surface area contributed by atoms with Crippen LogP contribution >= 0.6 is 0 Å². The summed E-state index contributed by atoms with van der Waals surface area (Å²) in [7, 11) is 0. The Morgan fingerprint density at radius 1 is 1.27 bits per heavy atom. The molecule has 4 heteroatoms. The zero-order valence-corrected chi connectivity index (χ0v) is 13.7. The van der Waals surface area contributed by atoms with Crippen LogP contribution in [0.2, 0.25) is 0 Å². The second-order valence-corrected chi connectivity index (χ2v) is 7.48. The lowest BCUT2D eigenvalue weighted by Gasteiger charge is -2.34. The number of nitrogens with zero attached hydrogens (tertiary/aromatic N) is 1. The molecule has 1 aliphatic heterocycles. The Kier molecular flexibility index (Phi) is 4.13. The maximum atomic E-state index is 12.6. The molecule has 3 rings (SSSR count). The molecule has 1 aromatic carbocycles. The highest BCUT2D eigenvalue weighted by atomic mass is 16.6. The molecule has 0 spiro atoms. The van der Waals surface area contributed by atoms with Gasteiger partial charge in [-0.3, -0.25) is 0 Å². The molecule has 1 saturated carbocycles. The number of nitrogens with one attached hydrogen (secondary N) is 1. The molecule has 120 valence electrons. The first-order chi connectivity index (χ1) is 10.4. The van der Waals surface area contributed by atoms with Crippen molar-refractivity contribution in [1.29, 1.82) is 0 Å². The first kappa shape index (κ1) is 15.3. The van der Waals surface area contributed by atoms with Crippen LogP contribution < -0.4 is 5.32 Å². The van der Waals surface area contributed by atoms with Crippen LogP contribution in [0.25, 0.3) is 0 Å². The lowest BCUT2D eigenvalue weighted by molar-refractivity contribution is 0.0180. The molecule has 1 aromatic rings. The van der Waals surface area contributed by atoms with Gasteiger partial charge in [0.15, 0.2) is 0 Å². The van der Waals surface area contributed by atoms with Crippen LogP contribution in [0.5, 0.6) is 0 Å². The van der Waals surface area contributed by atoms with Crippen molar-refractivity contribution >= 4 is 6.09 Å². The largest absolute Gasteiger partial charge is 0.444 e. The monoisotopic (exact) mass is 302 g/mol. The van der Waals surface area contributed by atoms with Crippen LogP contribution in [0.3, 0.4) is 0 Å². The fourth-order valence-corrected chi connectivity index (χ4v) is 3.01. The summed E-state index contributed by atoms with van der Waals surface area (Å²) in [5, 5.41) is 3.28. The number of hydrogen-bond donors (Lipinski definition) is 1. The molecule has 1 amide bonds. The Labute approximate surface area is 132 Å². The normalized spacial score (nSPS) is 24.5. The van der Waals surface area contributed by atoms with Crippen molar-refractivity contribution in [3.63, 3.8) is 0 Å². The van der Waals surface area contributed by atoms with E-state index in [2.05, 4.69) is 29.6 Å². The highest BCUT2D eigenvalue weighted by Crippen LogP contribution is 2.45. The summed E-state index contributed by atoms with van der Waals surface area (Å²) in [5.74, 6) is 1.02. The Bertz CT molecular complexity index is 520. The van der Waals surface area contributed by atoms with Crippen LogP contribution in [-0.4, -0.2) is 42.3 Å². The molecule has 0 bridgehead atoms. The molecule has 1 aliphatic carbocycles. The quantitative estimate of drug-likeness (QED) is 0.929. The average Bonchev–Trinajstić information content (AvgIpc) is 3.16. The average molecular weight is 302 g/mol. The number of carbonyl (C=O) groups is 1. The molecule has 4 nitrogen and oxygen atoms in total. The number of amides is 1. The van der Waals surface area contributed by atoms with E-state index in [1.165, 1.54) is 5.56 Å². The number of rotatable bonds is 4. The third-order valence-corrected chi connectivity index (χ3v) is 4.33. The van der Waals surface area contributed by atoms with Crippen LogP contribution in [0.15, 0.2) is 30.3 Å². The van der Waals surface area contributed by atoms with E-state index >= 15 is 0 Å². The van der Waals surface area contributed by atoms with Crippen molar-refractivity contribution < 1.29 is 9.53 Å². The highest BCUT2D eigenvalue weighted by molar-refractivity contribution is 5.69. The first-order valence-electron chi connectivity index (χ1n) is 8.19. The maximum Gasteiger partial charge on any atom is 0.410 e. The molecule has 1 unspecified atom stereocenters. The van der Waals surface area contributed by atoms with Crippen LogP contribution in [0, 0.1) is 5.92 Å². The molecule has 2 fully saturated rings. The SMILES string of the molecule is CC(C)(C)OC(=O)N(CC1CNC1)C1C[C@H]1c1ccccc1. The summed E-state index contributed by atoms with van der Waals surface area (Å²) in [6, 6.07) is 10.8. The van der Waals surface area contributed by atoms with Crippen LogP contribution in [0.1, 0.15) is 38.7 Å². The lowest BCUT2D eigenvalue weighted by Crippen LogP contribution is -2.51. The Morgan fingerprint density at radius 3 is 2.50 bits per heavy atom. The van der Waals surface area contributed by atoms with Crippen LogP contribution in [-0.2, 0) is 4.74 Å². The van der Waals surface area contributed by atoms with Crippen molar-refractivity contribution in [3.05, 3.63) is 35.9 Å². The molecule has 1 N–H and O–H groups in total. The lowest BCUT2D eigenvalue weighted by atomic mass is 10.0. The zero-order valence-electron chi connectivity index (χ0n) is 13.7. The summed E-state index contributed by atoms with van der Waals surface area (Å²) in [5.41, 5.74) is 0.887. The molecular weight excluding hydrogens is 276 g/mol. The van der Waals surface area contributed by atoms with Crippen molar-refractivity contribution in [1.82, 2.24) is 10.2 Å². The van der Waals surface area contributed by atoms with Gasteiger partial charge >= 0.3 is 6.09 Å². The van der Waals surface area contributed by atoms with Gasteiger partial charge in [0.05, 0.1) is 0 Å². The minimum atomic E-state index is -0.440. The topological polar surface area (TPSA) is 41.6 Å². The summed E-state index contributed by atoms with van der Waals surface area (Å²) in [4.78, 5) is 14.5. The van der Waals surface area contributed by atoms with Gasteiger partial charge in [-0.1, -0.05) is 30.3 Å². The van der Waals surface area contributed by atoms with Gasteiger partial charge in [0, 0.05) is 37.5 Å². The minimum absolute atomic E-state index is 0.164. The van der Waals surface area contributed by atoms with Crippen molar-refractivity contribution in [2.75, 3.05) is 19.6 Å². The van der Waals surface area contributed by atoms with E-state index in [0.29, 0.717) is 11.8 Å². The predicted octanol–water partition coefficient (Wildman–Crippen LogP) is 3.00. The Balaban J connectivity index is 1.68. The fraction of sp³-hybridized carbons (Fsp3) is 0.611. The summed E-state index contributed by atoms with van der Waals surface area (Å²) >= 11 is 0. The van der Waals surface area contributed by atoms with E-state index in [-0.39, 0.29) is 12.1 Å². The van der Waals surface area contributed by atoms with Crippen molar-refractivity contribution in [2.45, 2.75) is 44.8 Å².